The molecular weight excluding hydrogens is 348 g/mol. The summed E-state index contributed by atoms with van der Waals surface area (Å²) in [6.45, 7) is 8.32. The van der Waals surface area contributed by atoms with E-state index in [2.05, 4.69) is 52.8 Å². The molecule has 0 amide bonds. The number of aliphatic imine (C=N–C) groups is 1. The summed E-state index contributed by atoms with van der Waals surface area (Å²) >= 11 is 0. The molecule has 1 aromatic carbocycles. The lowest BCUT2D eigenvalue weighted by atomic mass is 9.97. The van der Waals surface area contributed by atoms with Crippen LogP contribution in [0.3, 0.4) is 0 Å². The normalized spacial score (nSPS) is 20.1. The molecule has 156 valence electrons. The van der Waals surface area contributed by atoms with E-state index in [0.29, 0.717) is 11.5 Å². The minimum absolute atomic E-state index is 0.383. The van der Waals surface area contributed by atoms with Gasteiger partial charge in [0.25, 0.3) is 0 Å². The Hall–Kier alpha value is -1.59. The van der Waals surface area contributed by atoms with Gasteiger partial charge in [0.2, 0.25) is 0 Å². The van der Waals surface area contributed by atoms with Gasteiger partial charge in [0.1, 0.15) is 0 Å². The molecule has 28 heavy (non-hydrogen) atoms. The Morgan fingerprint density at radius 3 is 2.61 bits per heavy atom. The van der Waals surface area contributed by atoms with Crippen molar-refractivity contribution in [2.45, 2.75) is 51.5 Å². The highest BCUT2D eigenvalue weighted by atomic mass is 16.5. The smallest absolute Gasteiger partial charge is 0.191 e. The fraction of sp³-hybridized carbons (Fsp3) is 0.696. The number of benzene rings is 1. The van der Waals surface area contributed by atoms with Crippen LogP contribution in [-0.2, 0) is 11.2 Å². The lowest BCUT2D eigenvalue weighted by Gasteiger charge is -2.33. The quantitative estimate of drug-likeness (QED) is 0.369. The second kappa shape index (κ2) is 10.8. The van der Waals surface area contributed by atoms with E-state index in [1.54, 1.807) is 7.11 Å². The van der Waals surface area contributed by atoms with Crippen LogP contribution in [0.1, 0.15) is 44.6 Å². The number of hydrogen-bond donors (Lipinski definition) is 2. The van der Waals surface area contributed by atoms with Crippen molar-refractivity contribution in [2.75, 3.05) is 46.4 Å². The molecule has 1 saturated carbocycles. The molecule has 3 rings (SSSR count). The average molecular weight is 387 g/mol. The summed E-state index contributed by atoms with van der Waals surface area (Å²) in [6.07, 6.45) is 7.24. The predicted octanol–water partition coefficient (Wildman–Crippen LogP) is 3.07. The van der Waals surface area contributed by atoms with Gasteiger partial charge < -0.3 is 20.3 Å². The second-order valence-electron chi connectivity index (χ2n) is 8.46. The SMILES string of the molecule is CCNC(=NCC1(Cc2ccccc2)CC1)NC1CCN(CCCOC)CC1. The molecule has 0 spiro atoms. The third-order valence-electron chi connectivity index (χ3n) is 6.05. The Balaban J connectivity index is 1.46. The maximum Gasteiger partial charge on any atom is 0.191 e. The molecule has 2 fully saturated rings. The van der Waals surface area contributed by atoms with Crippen LogP contribution >= 0.6 is 0 Å². The molecule has 2 aliphatic rings. The molecule has 2 N–H and O–H groups in total. The number of ether oxygens (including phenoxy) is 1. The van der Waals surface area contributed by atoms with Gasteiger partial charge in [-0.1, -0.05) is 30.3 Å². The fourth-order valence-corrected chi connectivity index (χ4v) is 4.09. The maximum absolute atomic E-state index is 5.17. The summed E-state index contributed by atoms with van der Waals surface area (Å²) in [5, 5.41) is 7.15. The standard InChI is InChI=1S/C23H38N4O/c1-3-24-22(26-21-10-15-27(16-11-21)14-7-17-28-2)25-19-23(12-13-23)18-20-8-5-4-6-9-20/h4-6,8-9,21H,3,7,10-19H2,1-2H3,(H2,24,25,26). The first kappa shape index (κ1) is 21.1. The van der Waals surface area contributed by atoms with Crippen molar-refractivity contribution in [3.63, 3.8) is 0 Å². The summed E-state index contributed by atoms with van der Waals surface area (Å²) in [7, 11) is 1.78. The van der Waals surface area contributed by atoms with E-state index in [-0.39, 0.29) is 0 Å². The fourth-order valence-electron chi connectivity index (χ4n) is 4.09. The summed E-state index contributed by atoms with van der Waals surface area (Å²) in [5.74, 6) is 1.000. The van der Waals surface area contributed by atoms with Gasteiger partial charge in [-0.2, -0.15) is 0 Å². The van der Waals surface area contributed by atoms with Crippen molar-refractivity contribution in [1.29, 1.82) is 0 Å². The number of nitrogens with one attached hydrogen (secondary N) is 2. The first-order valence-electron chi connectivity index (χ1n) is 11.0. The van der Waals surface area contributed by atoms with E-state index in [1.165, 1.54) is 44.3 Å². The zero-order valence-electron chi connectivity index (χ0n) is 17.8. The number of nitrogens with zero attached hydrogens (tertiary/aromatic N) is 2. The Morgan fingerprint density at radius 2 is 1.96 bits per heavy atom. The van der Waals surface area contributed by atoms with Crippen LogP contribution in [0, 0.1) is 5.41 Å². The highest BCUT2D eigenvalue weighted by Crippen LogP contribution is 2.48. The Morgan fingerprint density at radius 1 is 1.21 bits per heavy atom. The van der Waals surface area contributed by atoms with Gasteiger partial charge in [0.15, 0.2) is 5.96 Å². The van der Waals surface area contributed by atoms with Crippen LogP contribution in [0.4, 0.5) is 0 Å². The molecule has 0 radical (unpaired) electrons. The lowest BCUT2D eigenvalue weighted by Crippen LogP contribution is -2.49. The summed E-state index contributed by atoms with van der Waals surface area (Å²) in [5.41, 5.74) is 1.82. The molecular formula is C23H38N4O. The van der Waals surface area contributed by atoms with E-state index >= 15 is 0 Å². The van der Waals surface area contributed by atoms with Crippen LogP contribution in [-0.4, -0.2) is 63.3 Å². The molecule has 1 heterocycles. The van der Waals surface area contributed by atoms with Crippen LogP contribution in [0.5, 0.6) is 0 Å². The molecule has 1 saturated heterocycles. The van der Waals surface area contributed by atoms with Gasteiger partial charge >= 0.3 is 0 Å². The minimum atomic E-state index is 0.383. The van der Waals surface area contributed by atoms with Gasteiger partial charge in [0.05, 0.1) is 0 Å². The van der Waals surface area contributed by atoms with E-state index in [9.17, 15) is 0 Å². The largest absolute Gasteiger partial charge is 0.385 e. The van der Waals surface area contributed by atoms with Crippen molar-refractivity contribution < 1.29 is 4.74 Å². The number of hydrogen-bond acceptors (Lipinski definition) is 3. The molecule has 0 atom stereocenters. The number of methoxy groups -OCH3 is 1. The third kappa shape index (κ3) is 6.78. The third-order valence-corrected chi connectivity index (χ3v) is 6.05. The van der Waals surface area contributed by atoms with Gasteiger partial charge in [-0.15, -0.1) is 0 Å². The second-order valence-corrected chi connectivity index (χ2v) is 8.46. The van der Waals surface area contributed by atoms with Crippen molar-refractivity contribution in [3.8, 4) is 0 Å². The molecule has 0 aromatic heterocycles. The highest BCUT2D eigenvalue weighted by Gasteiger charge is 2.42. The number of likely N-dealkylation sites (tertiary alicyclic amines) is 1. The van der Waals surface area contributed by atoms with E-state index in [0.717, 1.165) is 45.0 Å². The molecule has 5 heteroatoms. The molecule has 1 aromatic rings. The van der Waals surface area contributed by atoms with Crippen molar-refractivity contribution in [2.24, 2.45) is 10.4 Å². The molecule has 5 nitrogen and oxygen atoms in total. The average Bonchev–Trinajstić information content (AvgIpc) is 3.48. The van der Waals surface area contributed by atoms with E-state index in [4.69, 9.17) is 9.73 Å². The molecule has 0 bridgehead atoms. The number of rotatable bonds is 10. The molecule has 1 aliphatic heterocycles. The Bertz CT molecular complexity index is 592. The Kier molecular flexibility index (Phi) is 8.16. The predicted molar refractivity (Wildman–Crippen MR) is 117 cm³/mol. The van der Waals surface area contributed by atoms with Crippen molar-refractivity contribution >= 4 is 5.96 Å². The lowest BCUT2D eigenvalue weighted by molar-refractivity contribution is 0.155. The van der Waals surface area contributed by atoms with Gasteiger partial charge in [-0.05, 0) is 56.4 Å². The molecule has 1 aliphatic carbocycles. The first-order chi connectivity index (χ1) is 13.7. The van der Waals surface area contributed by atoms with Crippen molar-refractivity contribution in [3.05, 3.63) is 35.9 Å². The Labute approximate surface area is 170 Å². The van der Waals surface area contributed by atoms with Crippen LogP contribution in [0.15, 0.2) is 35.3 Å². The van der Waals surface area contributed by atoms with Gasteiger partial charge in [-0.25, -0.2) is 0 Å². The zero-order chi connectivity index (χ0) is 19.7. The summed E-state index contributed by atoms with van der Waals surface area (Å²) in [4.78, 5) is 7.54. The van der Waals surface area contributed by atoms with E-state index < -0.39 is 0 Å². The summed E-state index contributed by atoms with van der Waals surface area (Å²) < 4.78 is 5.17. The summed E-state index contributed by atoms with van der Waals surface area (Å²) in [6, 6.07) is 11.4. The van der Waals surface area contributed by atoms with Crippen LogP contribution in [0.25, 0.3) is 0 Å². The number of piperidine rings is 1. The highest BCUT2D eigenvalue weighted by molar-refractivity contribution is 5.80. The first-order valence-corrected chi connectivity index (χ1v) is 11.0. The monoisotopic (exact) mass is 386 g/mol. The van der Waals surface area contributed by atoms with E-state index in [1.807, 2.05) is 0 Å². The maximum atomic E-state index is 5.17. The van der Waals surface area contributed by atoms with Gasteiger partial charge in [0, 0.05) is 52.5 Å². The van der Waals surface area contributed by atoms with Crippen LogP contribution < -0.4 is 10.6 Å². The topological polar surface area (TPSA) is 48.9 Å². The zero-order valence-corrected chi connectivity index (χ0v) is 17.8. The van der Waals surface area contributed by atoms with Gasteiger partial charge in [-0.3, -0.25) is 4.99 Å². The minimum Gasteiger partial charge on any atom is -0.385 e. The van der Waals surface area contributed by atoms with Crippen LogP contribution in [0.2, 0.25) is 0 Å². The van der Waals surface area contributed by atoms with Crippen molar-refractivity contribution in [1.82, 2.24) is 15.5 Å². The number of guanidine groups is 1. The molecule has 0 unspecified atom stereocenters.